The van der Waals surface area contributed by atoms with Crippen LogP contribution in [0.3, 0.4) is 0 Å². The van der Waals surface area contributed by atoms with Gasteiger partial charge in [0.05, 0.1) is 10.6 Å². The summed E-state index contributed by atoms with van der Waals surface area (Å²) in [5, 5.41) is 12.0. The van der Waals surface area contributed by atoms with Crippen molar-refractivity contribution in [2.24, 2.45) is 5.92 Å². The van der Waals surface area contributed by atoms with Crippen molar-refractivity contribution in [2.75, 3.05) is 7.05 Å². The number of likely N-dealkylation sites (N-methyl/N-ethyl adjacent to an activating group) is 1. The molecule has 0 unspecified atom stereocenters. The van der Waals surface area contributed by atoms with Crippen LogP contribution in [0.25, 0.3) is 11.1 Å². The van der Waals surface area contributed by atoms with Gasteiger partial charge >= 0.3 is 0 Å². The molecule has 2 rings (SSSR count). The third-order valence-electron chi connectivity index (χ3n) is 4.46. The lowest BCUT2D eigenvalue weighted by molar-refractivity contribution is -0.129. The molecule has 0 saturated carbocycles. The first-order valence-corrected chi connectivity index (χ1v) is 9.46. The number of carbonyl (C=O) groups is 2. The van der Waals surface area contributed by atoms with Gasteiger partial charge in [-0.3, -0.25) is 14.5 Å². The number of rotatable bonds is 6. The van der Waals surface area contributed by atoms with Gasteiger partial charge in [0.25, 0.3) is 11.8 Å². The lowest BCUT2D eigenvalue weighted by Crippen LogP contribution is -2.46. The Hall–Kier alpha value is -2.84. The number of amides is 2. The van der Waals surface area contributed by atoms with Crippen LogP contribution in [0.4, 0.5) is 0 Å². The monoisotopic (exact) mass is 397 g/mol. The number of hydrogen-bond donors (Lipinski definition) is 1. The molecule has 0 aliphatic carbocycles. The fraction of sp³-hybridized carbons (Fsp3) is 0.318. The van der Waals surface area contributed by atoms with E-state index in [0.717, 1.165) is 21.6 Å². The van der Waals surface area contributed by atoms with Gasteiger partial charge in [0.15, 0.2) is 6.19 Å². The topological polar surface area (TPSA) is 73.2 Å². The Balaban J connectivity index is 2.26. The maximum atomic E-state index is 12.7. The smallest absolute Gasteiger partial charge is 0.257 e. The Morgan fingerprint density at radius 2 is 1.89 bits per heavy atom. The first-order valence-electron chi connectivity index (χ1n) is 9.08. The standard InChI is InChI=1S/C22H24ClN3O2/c1-14(2)11-20(22(28)26(4)13-24)25-21(27)18-10-9-16(12-19(18)23)17-8-6-5-7-15(17)3/h5-10,12,14,20H,11H2,1-4H3,(H,25,27)/t20-/m0/s1. The molecule has 0 fully saturated rings. The minimum atomic E-state index is -0.788. The Bertz CT molecular complexity index is 918. The molecule has 0 radical (unpaired) electrons. The van der Waals surface area contributed by atoms with Crippen molar-refractivity contribution >= 4 is 23.4 Å². The van der Waals surface area contributed by atoms with Crippen LogP contribution in [-0.4, -0.2) is 29.8 Å². The van der Waals surface area contributed by atoms with Crippen molar-refractivity contribution in [1.82, 2.24) is 10.2 Å². The third-order valence-corrected chi connectivity index (χ3v) is 4.77. The number of nitriles is 1. The van der Waals surface area contributed by atoms with Gasteiger partial charge in [-0.2, -0.15) is 5.26 Å². The van der Waals surface area contributed by atoms with Gasteiger partial charge in [0, 0.05) is 7.05 Å². The maximum absolute atomic E-state index is 12.7. The van der Waals surface area contributed by atoms with Gasteiger partial charge in [0.1, 0.15) is 6.04 Å². The van der Waals surface area contributed by atoms with Gasteiger partial charge < -0.3 is 5.32 Å². The van der Waals surface area contributed by atoms with Gasteiger partial charge in [-0.15, -0.1) is 0 Å². The average Bonchev–Trinajstić information content (AvgIpc) is 2.66. The van der Waals surface area contributed by atoms with Crippen LogP contribution in [0.1, 0.15) is 36.2 Å². The van der Waals surface area contributed by atoms with Crippen LogP contribution >= 0.6 is 11.6 Å². The Morgan fingerprint density at radius 3 is 2.46 bits per heavy atom. The van der Waals surface area contributed by atoms with Gasteiger partial charge in [-0.1, -0.05) is 55.8 Å². The van der Waals surface area contributed by atoms with Crippen LogP contribution in [0, 0.1) is 24.3 Å². The molecule has 6 heteroatoms. The lowest BCUT2D eigenvalue weighted by atomic mass is 9.99. The predicted molar refractivity (Wildman–Crippen MR) is 111 cm³/mol. The fourth-order valence-electron chi connectivity index (χ4n) is 2.98. The number of hydrogen-bond acceptors (Lipinski definition) is 3. The van der Waals surface area contributed by atoms with E-state index in [4.69, 9.17) is 16.9 Å². The molecular weight excluding hydrogens is 374 g/mol. The summed E-state index contributed by atoms with van der Waals surface area (Å²) in [7, 11) is 1.38. The largest absolute Gasteiger partial charge is 0.340 e. The summed E-state index contributed by atoms with van der Waals surface area (Å²) in [6, 6.07) is 12.4. The van der Waals surface area contributed by atoms with Crippen molar-refractivity contribution < 1.29 is 9.59 Å². The van der Waals surface area contributed by atoms with Crippen LogP contribution in [0.5, 0.6) is 0 Å². The lowest BCUT2D eigenvalue weighted by Gasteiger charge is -2.22. The number of nitrogens with zero attached hydrogens (tertiary/aromatic N) is 2. The highest BCUT2D eigenvalue weighted by molar-refractivity contribution is 6.34. The molecule has 2 aromatic rings. The fourth-order valence-corrected chi connectivity index (χ4v) is 3.24. The minimum Gasteiger partial charge on any atom is -0.340 e. The highest BCUT2D eigenvalue weighted by Crippen LogP contribution is 2.28. The quantitative estimate of drug-likeness (QED) is 0.580. The van der Waals surface area contributed by atoms with E-state index in [-0.39, 0.29) is 5.92 Å². The van der Waals surface area contributed by atoms with Gasteiger partial charge in [0.2, 0.25) is 0 Å². The Kier molecular flexibility index (Phi) is 7.19. The average molecular weight is 398 g/mol. The zero-order valence-corrected chi connectivity index (χ0v) is 17.2. The second kappa shape index (κ2) is 9.38. The number of carbonyl (C=O) groups excluding carboxylic acids is 2. The van der Waals surface area contributed by atoms with Crippen molar-refractivity contribution in [3.8, 4) is 17.3 Å². The molecule has 2 amide bonds. The normalized spacial score (nSPS) is 11.6. The first-order chi connectivity index (χ1) is 13.2. The molecule has 0 aliphatic heterocycles. The van der Waals surface area contributed by atoms with Crippen LogP contribution < -0.4 is 5.32 Å². The molecule has 0 aromatic heterocycles. The van der Waals surface area contributed by atoms with E-state index in [1.165, 1.54) is 7.05 Å². The molecule has 5 nitrogen and oxygen atoms in total. The predicted octanol–water partition coefficient (Wildman–Crippen LogP) is 4.40. The SMILES string of the molecule is Cc1ccccc1-c1ccc(C(=O)N[C@@H](CC(C)C)C(=O)N(C)C#N)c(Cl)c1. The third kappa shape index (κ3) is 5.11. The highest BCUT2D eigenvalue weighted by atomic mass is 35.5. The van der Waals surface area contributed by atoms with Crippen molar-refractivity contribution in [2.45, 2.75) is 33.2 Å². The second-order valence-corrected chi connectivity index (χ2v) is 7.57. The van der Waals surface area contributed by atoms with Gasteiger partial charge in [-0.25, -0.2) is 0 Å². The molecular formula is C22H24ClN3O2. The molecule has 28 heavy (non-hydrogen) atoms. The zero-order valence-electron chi connectivity index (χ0n) is 16.5. The summed E-state index contributed by atoms with van der Waals surface area (Å²) < 4.78 is 0. The van der Waals surface area contributed by atoms with E-state index >= 15 is 0 Å². The number of benzene rings is 2. The van der Waals surface area contributed by atoms with E-state index in [1.807, 2.05) is 51.1 Å². The molecule has 1 N–H and O–H groups in total. The molecule has 0 bridgehead atoms. The summed E-state index contributed by atoms with van der Waals surface area (Å²) in [6.07, 6.45) is 2.21. The molecule has 0 aliphatic rings. The van der Waals surface area contributed by atoms with Crippen molar-refractivity contribution in [3.05, 3.63) is 58.6 Å². The molecule has 0 heterocycles. The number of halogens is 1. The summed E-state index contributed by atoms with van der Waals surface area (Å²) in [4.78, 5) is 26.1. The zero-order chi connectivity index (χ0) is 20.8. The molecule has 2 aromatic carbocycles. The van der Waals surface area contributed by atoms with E-state index in [9.17, 15) is 9.59 Å². The van der Waals surface area contributed by atoms with Crippen LogP contribution in [0.15, 0.2) is 42.5 Å². The van der Waals surface area contributed by atoms with Crippen molar-refractivity contribution in [1.29, 1.82) is 5.26 Å². The second-order valence-electron chi connectivity index (χ2n) is 7.16. The summed E-state index contributed by atoms with van der Waals surface area (Å²) in [5.41, 5.74) is 3.36. The van der Waals surface area contributed by atoms with E-state index < -0.39 is 17.9 Å². The maximum Gasteiger partial charge on any atom is 0.257 e. The highest BCUT2D eigenvalue weighted by Gasteiger charge is 2.26. The van der Waals surface area contributed by atoms with E-state index in [0.29, 0.717) is 17.0 Å². The molecule has 1 atom stereocenters. The summed E-state index contributed by atoms with van der Waals surface area (Å²) in [5.74, 6) is -0.718. The minimum absolute atomic E-state index is 0.167. The van der Waals surface area contributed by atoms with Gasteiger partial charge in [-0.05, 0) is 48.1 Å². The number of nitrogens with one attached hydrogen (secondary N) is 1. The Morgan fingerprint density at radius 1 is 1.21 bits per heavy atom. The Labute approximate surface area is 170 Å². The molecule has 0 spiro atoms. The number of aryl methyl sites for hydroxylation is 1. The van der Waals surface area contributed by atoms with E-state index in [1.54, 1.807) is 18.3 Å². The molecule has 146 valence electrons. The first kappa shape index (κ1) is 21.5. The van der Waals surface area contributed by atoms with Crippen LogP contribution in [-0.2, 0) is 4.79 Å². The summed E-state index contributed by atoms with van der Waals surface area (Å²) >= 11 is 6.38. The van der Waals surface area contributed by atoms with Crippen LogP contribution in [0.2, 0.25) is 5.02 Å². The molecule has 0 saturated heterocycles. The summed E-state index contributed by atoms with van der Waals surface area (Å²) in [6.45, 7) is 5.91. The van der Waals surface area contributed by atoms with Crippen molar-refractivity contribution in [3.63, 3.8) is 0 Å². The van der Waals surface area contributed by atoms with E-state index in [2.05, 4.69) is 5.32 Å².